The lowest BCUT2D eigenvalue weighted by molar-refractivity contribution is -0.131. The van der Waals surface area contributed by atoms with Crippen LogP contribution in [0, 0.1) is 6.92 Å². The molecule has 1 N–H and O–H groups in total. The number of hydrogen-bond donors (Lipinski definition) is 1. The molecule has 2 aromatic heterocycles. The average molecular weight is 289 g/mol. The number of nitrogens with zero attached hydrogens (tertiary/aromatic N) is 5. The van der Waals surface area contributed by atoms with Crippen LogP contribution < -0.4 is 4.90 Å². The summed E-state index contributed by atoms with van der Waals surface area (Å²) in [7, 11) is 5.67. The molecule has 2 heterocycles. The minimum Gasteiger partial charge on any atom is -0.478 e. The lowest BCUT2D eigenvalue weighted by atomic mass is 10.2. The zero-order valence-electron chi connectivity index (χ0n) is 12.6. The minimum absolute atomic E-state index is 0.667. The van der Waals surface area contributed by atoms with Gasteiger partial charge in [0.05, 0.1) is 11.9 Å². The van der Waals surface area contributed by atoms with E-state index in [-0.39, 0.29) is 0 Å². The van der Waals surface area contributed by atoms with E-state index >= 15 is 0 Å². The molecular weight excluding hydrogens is 270 g/mol. The second-order valence-corrected chi connectivity index (χ2v) is 5.00. The van der Waals surface area contributed by atoms with Crippen LogP contribution >= 0.6 is 0 Å². The Morgan fingerprint density at radius 2 is 2.19 bits per heavy atom. The summed E-state index contributed by atoms with van der Waals surface area (Å²) in [6.45, 7) is 2.53. The Labute approximate surface area is 123 Å². The molecular formula is C14H19N5O2. The van der Waals surface area contributed by atoms with Crippen LogP contribution in [0.2, 0.25) is 0 Å². The maximum atomic E-state index is 10.7. The van der Waals surface area contributed by atoms with E-state index in [0.29, 0.717) is 6.54 Å². The van der Waals surface area contributed by atoms with Crippen molar-refractivity contribution in [2.45, 2.75) is 13.5 Å². The molecule has 0 aliphatic heterocycles. The normalized spacial score (nSPS) is 11.2. The van der Waals surface area contributed by atoms with Crippen LogP contribution in [0.3, 0.4) is 0 Å². The van der Waals surface area contributed by atoms with Crippen molar-refractivity contribution in [3.63, 3.8) is 0 Å². The molecule has 112 valence electrons. The first-order chi connectivity index (χ1) is 9.88. The third-order valence-electron chi connectivity index (χ3n) is 3.17. The standard InChI is InChI=1S/C14H19N5O2/c1-10-12(5-6-13(20)21)14(19(4)16-10)17(2)8-11-7-15-18(3)9-11/h5-7,9H,8H2,1-4H3,(H,20,21). The fourth-order valence-electron chi connectivity index (χ4n) is 2.37. The average Bonchev–Trinajstić information content (AvgIpc) is 2.90. The molecule has 0 aliphatic carbocycles. The van der Waals surface area contributed by atoms with Gasteiger partial charge in [0.15, 0.2) is 0 Å². The van der Waals surface area contributed by atoms with E-state index in [9.17, 15) is 4.79 Å². The lowest BCUT2D eigenvalue weighted by Gasteiger charge is -2.19. The molecule has 0 radical (unpaired) electrons. The van der Waals surface area contributed by atoms with E-state index in [1.807, 2.05) is 45.4 Å². The van der Waals surface area contributed by atoms with E-state index in [1.54, 1.807) is 15.4 Å². The van der Waals surface area contributed by atoms with E-state index in [2.05, 4.69) is 10.2 Å². The minimum atomic E-state index is -0.973. The topological polar surface area (TPSA) is 76.2 Å². The number of anilines is 1. The first-order valence-corrected chi connectivity index (χ1v) is 6.51. The van der Waals surface area contributed by atoms with E-state index in [4.69, 9.17) is 5.11 Å². The van der Waals surface area contributed by atoms with Crippen molar-refractivity contribution in [1.29, 1.82) is 0 Å². The predicted molar refractivity (Wildman–Crippen MR) is 79.9 cm³/mol. The van der Waals surface area contributed by atoms with Gasteiger partial charge in [-0.3, -0.25) is 9.36 Å². The highest BCUT2D eigenvalue weighted by Gasteiger charge is 2.16. The molecule has 0 aliphatic rings. The largest absolute Gasteiger partial charge is 0.478 e. The summed E-state index contributed by atoms with van der Waals surface area (Å²) in [5.41, 5.74) is 2.68. The molecule has 0 atom stereocenters. The molecule has 0 unspecified atom stereocenters. The molecule has 7 nitrogen and oxygen atoms in total. The van der Waals surface area contributed by atoms with E-state index in [0.717, 1.165) is 28.7 Å². The molecule has 0 saturated heterocycles. The number of carboxylic acids is 1. The first kappa shape index (κ1) is 14.8. The fourth-order valence-corrected chi connectivity index (χ4v) is 2.37. The number of aromatic nitrogens is 4. The fraction of sp³-hybridized carbons (Fsp3) is 0.357. The summed E-state index contributed by atoms with van der Waals surface area (Å²) >= 11 is 0. The molecule has 7 heteroatoms. The molecule has 0 bridgehead atoms. The third kappa shape index (κ3) is 3.31. The lowest BCUT2D eigenvalue weighted by Crippen LogP contribution is -2.20. The number of aryl methyl sites for hydroxylation is 3. The molecule has 2 rings (SSSR count). The summed E-state index contributed by atoms with van der Waals surface area (Å²) in [6, 6.07) is 0. The zero-order valence-corrected chi connectivity index (χ0v) is 12.6. The Balaban J connectivity index is 2.31. The highest BCUT2D eigenvalue weighted by atomic mass is 16.4. The monoisotopic (exact) mass is 289 g/mol. The van der Waals surface area contributed by atoms with Crippen molar-refractivity contribution >= 4 is 17.9 Å². The first-order valence-electron chi connectivity index (χ1n) is 6.51. The number of carbonyl (C=O) groups is 1. The van der Waals surface area contributed by atoms with E-state index < -0.39 is 5.97 Å². The molecule has 2 aromatic rings. The highest BCUT2D eigenvalue weighted by Crippen LogP contribution is 2.25. The maximum Gasteiger partial charge on any atom is 0.328 e. The van der Waals surface area contributed by atoms with E-state index in [1.165, 1.54) is 0 Å². The van der Waals surface area contributed by atoms with Crippen LogP contribution in [0.5, 0.6) is 0 Å². The van der Waals surface area contributed by atoms with Crippen molar-refractivity contribution in [1.82, 2.24) is 19.6 Å². The number of carboxylic acid groups (broad SMARTS) is 1. The van der Waals surface area contributed by atoms with Gasteiger partial charge < -0.3 is 10.0 Å². The Morgan fingerprint density at radius 3 is 2.76 bits per heavy atom. The predicted octanol–water partition coefficient (Wildman–Crippen LogP) is 1.20. The number of aliphatic carboxylic acids is 1. The second-order valence-electron chi connectivity index (χ2n) is 5.00. The van der Waals surface area contributed by atoms with Gasteiger partial charge in [-0.15, -0.1) is 0 Å². The van der Waals surface area contributed by atoms with Gasteiger partial charge in [-0.05, 0) is 13.0 Å². The van der Waals surface area contributed by atoms with Crippen molar-refractivity contribution < 1.29 is 9.90 Å². The van der Waals surface area contributed by atoms with Crippen LogP contribution in [-0.2, 0) is 25.4 Å². The van der Waals surface area contributed by atoms with Gasteiger partial charge in [0.1, 0.15) is 5.82 Å². The summed E-state index contributed by atoms with van der Waals surface area (Å²) in [5.74, 6) is -0.104. The Bertz CT molecular complexity index is 684. The smallest absolute Gasteiger partial charge is 0.328 e. The molecule has 0 aromatic carbocycles. The van der Waals surface area contributed by atoms with Gasteiger partial charge in [0, 0.05) is 51.1 Å². The molecule has 0 fully saturated rings. The third-order valence-corrected chi connectivity index (χ3v) is 3.17. The van der Waals surface area contributed by atoms with Crippen molar-refractivity contribution in [2.75, 3.05) is 11.9 Å². The maximum absolute atomic E-state index is 10.7. The highest BCUT2D eigenvalue weighted by molar-refractivity contribution is 5.87. The van der Waals surface area contributed by atoms with Gasteiger partial charge in [0.25, 0.3) is 0 Å². The van der Waals surface area contributed by atoms with Gasteiger partial charge in [-0.2, -0.15) is 10.2 Å². The van der Waals surface area contributed by atoms with Crippen LogP contribution in [0.15, 0.2) is 18.5 Å². The second kappa shape index (κ2) is 5.82. The van der Waals surface area contributed by atoms with Gasteiger partial charge >= 0.3 is 5.97 Å². The summed E-state index contributed by atoms with van der Waals surface area (Å²) in [5, 5.41) is 17.3. The van der Waals surface area contributed by atoms with Crippen LogP contribution in [-0.4, -0.2) is 37.7 Å². The Morgan fingerprint density at radius 1 is 1.48 bits per heavy atom. The summed E-state index contributed by atoms with van der Waals surface area (Å²) in [6.07, 6.45) is 6.48. The zero-order chi connectivity index (χ0) is 15.6. The number of rotatable bonds is 5. The van der Waals surface area contributed by atoms with Gasteiger partial charge in [-0.1, -0.05) is 0 Å². The molecule has 0 saturated carbocycles. The summed E-state index contributed by atoms with van der Waals surface area (Å²) < 4.78 is 3.51. The van der Waals surface area contributed by atoms with Crippen molar-refractivity contribution in [3.8, 4) is 0 Å². The molecule has 21 heavy (non-hydrogen) atoms. The molecule has 0 spiro atoms. The van der Waals surface area contributed by atoms with Crippen LogP contribution in [0.1, 0.15) is 16.8 Å². The van der Waals surface area contributed by atoms with Crippen LogP contribution in [0.4, 0.5) is 5.82 Å². The van der Waals surface area contributed by atoms with Crippen LogP contribution in [0.25, 0.3) is 6.08 Å². The Kier molecular flexibility index (Phi) is 4.11. The van der Waals surface area contributed by atoms with Crippen molar-refractivity contribution in [3.05, 3.63) is 35.3 Å². The van der Waals surface area contributed by atoms with Gasteiger partial charge in [0.2, 0.25) is 0 Å². The summed E-state index contributed by atoms with van der Waals surface area (Å²) in [4.78, 5) is 12.8. The quantitative estimate of drug-likeness (QED) is 0.837. The molecule has 0 amide bonds. The van der Waals surface area contributed by atoms with Crippen molar-refractivity contribution in [2.24, 2.45) is 14.1 Å². The van der Waals surface area contributed by atoms with Gasteiger partial charge in [-0.25, -0.2) is 4.79 Å². The number of hydrogen-bond acceptors (Lipinski definition) is 4. The SMILES string of the molecule is Cc1nn(C)c(N(C)Cc2cnn(C)c2)c1C=CC(=O)O. The Hall–Kier alpha value is -2.57.